The molecule has 6 nitrogen and oxygen atoms in total. The van der Waals surface area contributed by atoms with E-state index in [9.17, 15) is 4.79 Å². The lowest BCUT2D eigenvalue weighted by atomic mass is 9.98. The fourth-order valence-electron chi connectivity index (χ4n) is 4.58. The van der Waals surface area contributed by atoms with E-state index in [0.29, 0.717) is 53.6 Å². The average molecular weight is 518 g/mol. The van der Waals surface area contributed by atoms with Crippen LogP contribution in [0.2, 0.25) is 0 Å². The Bertz CT molecular complexity index is 1430. The quantitative estimate of drug-likeness (QED) is 0.176. The normalized spacial score (nSPS) is 13.1. The van der Waals surface area contributed by atoms with E-state index in [1.807, 2.05) is 42.5 Å². The molecule has 1 aromatic heterocycles. The minimum atomic E-state index is -0.340. The smallest absolute Gasteiger partial charge is 0.310 e. The molecular formula is C31H32FNO5. The Hall–Kier alpha value is -3.68. The van der Waals surface area contributed by atoms with Crippen molar-refractivity contribution in [2.24, 2.45) is 5.73 Å². The molecule has 2 N–H and O–H groups in total. The SMILES string of the molecule is COCCCOC(=O)Cc1ccccc1OCc1cc(-c2cccc(CN)c2F)c2oc(C3CC3)cc2c1. The molecule has 1 aliphatic rings. The van der Waals surface area contributed by atoms with Crippen molar-refractivity contribution in [3.05, 3.63) is 88.9 Å². The zero-order valence-corrected chi connectivity index (χ0v) is 21.5. The van der Waals surface area contributed by atoms with E-state index in [1.54, 1.807) is 19.2 Å². The van der Waals surface area contributed by atoms with Crippen molar-refractivity contribution < 1.29 is 27.8 Å². The van der Waals surface area contributed by atoms with Gasteiger partial charge in [-0.05, 0) is 42.7 Å². The maximum atomic E-state index is 15.3. The summed E-state index contributed by atoms with van der Waals surface area (Å²) < 4.78 is 38.1. The van der Waals surface area contributed by atoms with Crippen LogP contribution in [0.1, 0.15) is 47.6 Å². The lowest BCUT2D eigenvalue weighted by molar-refractivity contribution is -0.143. The summed E-state index contributed by atoms with van der Waals surface area (Å²) in [7, 11) is 1.61. The monoisotopic (exact) mass is 517 g/mol. The number of para-hydroxylation sites is 1. The topological polar surface area (TPSA) is 83.9 Å². The number of nitrogens with two attached hydrogens (primary N) is 1. The molecule has 0 aliphatic heterocycles. The molecule has 0 saturated heterocycles. The number of fused-ring (bicyclic) bond motifs is 1. The van der Waals surface area contributed by atoms with Crippen LogP contribution >= 0.6 is 0 Å². The first-order chi connectivity index (χ1) is 18.6. The fraction of sp³-hybridized carbons (Fsp3) is 0.323. The molecule has 0 radical (unpaired) electrons. The number of benzene rings is 3. The second kappa shape index (κ2) is 11.8. The highest BCUT2D eigenvalue weighted by Crippen LogP contribution is 2.44. The molecule has 1 heterocycles. The van der Waals surface area contributed by atoms with Gasteiger partial charge in [0.25, 0.3) is 0 Å². The van der Waals surface area contributed by atoms with E-state index in [-0.39, 0.29) is 31.4 Å². The van der Waals surface area contributed by atoms with Crippen LogP contribution in [0.15, 0.2) is 65.1 Å². The zero-order chi connectivity index (χ0) is 26.5. The van der Waals surface area contributed by atoms with E-state index in [0.717, 1.165) is 35.1 Å². The van der Waals surface area contributed by atoms with Crippen molar-refractivity contribution in [3.8, 4) is 16.9 Å². The number of hydrogen-bond acceptors (Lipinski definition) is 6. The molecule has 0 spiro atoms. The lowest BCUT2D eigenvalue weighted by Gasteiger charge is -2.13. The van der Waals surface area contributed by atoms with Crippen LogP contribution in [0.25, 0.3) is 22.1 Å². The Morgan fingerprint density at radius 1 is 1.03 bits per heavy atom. The molecule has 4 aromatic rings. The molecule has 1 fully saturated rings. The number of methoxy groups -OCH3 is 1. The molecule has 1 saturated carbocycles. The average Bonchev–Trinajstić information content (AvgIpc) is 3.69. The Morgan fingerprint density at radius 3 is 2.63 bits per heavy atom. The molecule has 198 valence electrons. The Kier molecular flexibility index (Phi) is 8.05. The summed E-state index contributed by atoms with van der Waals surface area (Å²) in [5.41, 5.74) is 9.63. The minimum absolute atomic E-state index is 0.108. The molecule has 5 rings (SSSR count). The number of carbonyl (C=O) groups is 1. The fourth-order valence-corrected chi connectivity index (χ4v) is 4.58. The standard InChI is InChI=1S/C31H32FNO5/c1-35-12-5-13-36-29(34)17-22-6-2-3-9-27(22)37-19-20-14-24-16-28(21-10-11-21)38-31(24)26(15-20)25-8-4-7-23(18-33)30(25)32/h2-4,6-9,14-16,21H,5,10-13,17-19,33H2,1H3. The highest BCUT2D eigenvalue weighted by atomic mass is 19.1. The van der Waals surface area contributed by atoms with Crippen molar-refractivity contribution in [1.29, 1.82) is 0 Å². The van der Waals surface area contributed by atoms with Gasteiger partial charge in [0.2, 0.25) is 0 Å². The number of carbonyl (C=O) groups excluding carboxylic acids is 1. The van der Waals surface area contributed by atoms with Gasteiger partial charge in [-0.2, -0.15) is 0 Å². The van der Waals surface area contributed by atoms with Gasteiger partial charge in [0.15, 0.2) is 0 Å². The number of halogens is 1. The molecule has 38 heavy (non-hydrogen) atoms. The summed E-state index contributed by atoms with van der Waals surface area (Å²) in [6.07, 6.45) is 2.97. The molecule has 0 amide bonds. The summed E-state index contributed by atoms with van der Waals surface area (Å²) in [6, 6.07) is 18.7. The third-order valence-electron chi connectivity index (χ3n) is 6.72. The number of hydrogen-bond donors (Lipinski definition) is 1. The van der Waals surface area contributed by atoms with Crippen LogP contribution in [-0.4, -0.2) is 26.3 Å². The minimum Gasteiger partial charge on any atom is -0.489 e. The van der Waals surface area contributed by atoms with Gasteiger partial charge < -0.3 is 24.4 Å². The Labute approximate surface area is 221 Å². The lowest BCUT2D eigenvalue weighted by Crippen LogP contribution is -2.11. The summed E-state index contributed by atoms with van der Waals surface area (Å²) in [5, 5.41) is 0.911. The second-order valence-electron chi connectivity index (χ2n) is 9.61. The molecule has 0 bridgehead atoms. The molecule has 7 heteroatoms. The third-order valence-corrected chi connectivity index (χ3v) is 6.72. The summed E-state index contributed by atoms with van der Waals surface area (Å²) >= 11 is 0. The Balaban J connectivity index is 1.40. The predicted molar refractivity (Wildman–Crippen MR) is 143 cm³/mol. The van der Waals surface area contributed by atoms with Gasteiger partial charge in [-0.25, -0.2) is 4.39 Å². The largest absolute Gasteiger partial charge is 0.489 e. The first-order valence-corrected chi connectivity index (χ1v) is 13.0. The van der Waals surface area contributed by atoms with Crippen LogP contribution < -0.4 is 10.5 Å². The maximum absolute atomic E-state index is 15.3. The third kappa shape index (κ3) is 5.90. The van der Waals surface area contributed by atoms with Crippen LogP contribution in [0.4, 0.5) is 4.39 Å². The maximum Gasteiger partial charge on any atom is 0.310 e. The first kappa shape index (κ1) is 25.9. The molecule has 0 atom stereocenters. The zero-order valence-electron chi connectivity index (χ0n) is 21.5. The van der Waals surface area contributed by atoms with Gasteiger partial charge in [0, 0.05) is 60.2 Å². The predicted octanol–water partition coefficient (Wildman–Crippen LogP) is 6.28. The van der Waals surface area contributed by atoms with Gasteiger partial charge in [-0.3, -0.25) is 4.79 Å². The van der Waals surface area contributed by atoms with Crippen molar-refractivity contribution in [1.82, 2.24) is 0 Å². The van der Waals surface area contributed by atoms with Gasteiger partial charge >= 0.3 is 5.97 Å². The van der Waals surface area contributed by atoms with Crippen LogP contribution in [-0.2, 0) is 33.8 Å². The summed E-state index contributed by atoms with van der Waals surface area (Å²) in [4.78, 5) is 12.3. The summed E-state index contributed by atoms with van der Waals surface area (Å²) in [6.45, 7) is 1.21. The van der Waals surface area contributed by atoms with Crippen LogP contribution in [0.3, 0.4) is 0 Å². The number of ether oxygens (including phenoxy) is 3. The van der Waals surface area contributed by atoms with Crippen molar-refractivity contribution in [3.63, 3.8) is 0 Å². The highest BCUT2D eigenvalue weighted by molar-refractivity contribution is 5.94. The second-order valence-corrected chi connectivity index (χ2v) is 9.61. The van der Waals surface area contributed by atoms with Crippen LogP contribution in [0, 0.1) is 5.82 Å². The number of esters is 1. The Morgan fingerprint density at radius 2 is 1.84 bits per heavy atom. The van der Waals surface area contributed by atoms with Crippen LogP contribution in [0.5, 0.6) is 5.75 Å². The van der Waals surface area contributed by atoms with E-state index < -0.39 is 0 Å². The number of furan rings is 1. The van der Waals surface area contributed by atoms with Crippen molar-refractivity contribution in [2.75, 3.05) is 20.3 Å². The van der Waals surface area contributed by atoms with Crippen molar-refractivity contribution in [2.45, 2.75) is 44.8 Å². The first-order valence-electron chi connectivity index (χ1n) is 13.0. The molecule has 3 aromatic carbocycles. The molecular weight excluding hydrogens is 485 g/mol. The van der Waals surface area contributed by atoms with Gasteiger partial charge in [-0.1, -0.05) is 36.4 Å². The van der Waals surface area contributed by atoms with Gasteiger partial charge in [0.05, 0.1) is 13.0 Å². The molecule has 1 aliphatic carbocycles. The summed E-state index contributed by atoms with van der Waals surface area (Å²) in [5.74, 6) is 1.31. The van der Waals surface area contributed by atoms with Gasteiger partial charge in [0.1, 0.15) is 29.5 Å². The van der Waals surface area contributed by atoms with Gasteiger partial charge in [-0.15, -0.1) is 0 Å². The van der Waals surface area contributed by atoms with E-state index in [4.69, 9.17) is 24.4 Å². The van der Waals surface area contributed by atoms with E-state index in [1.165, 1.54) is 0 Å². The highest BCUT2D eigenvalue weighted by Gasteiger charge is 2.28. The number of rotatable bonds is 12. The van der Waals surface area contributed by atoms with E-state index in [2.05, 4.69) is 6.07 Å². The van der Waals surface area contributed by atoms with Crippen molar-refractivity contribution >= 4 is 16.9 Å². The van der Waals surface area contributed by atoms with E-state index >= 15 is 4.39 Å². The molecule has 0 unspecified atom stereocenters.